The van der Waals surface area contributed by atoms with E-state index in [2.05, 4.69) is 4.74 Å². The molecule has 94 valence electrons. The van der Waals surface area contributed by atoms with Gasteiger partial charge in [-0.2, -0.15) is 0 Å². The van der Waals surface area contributed by atoms with E-state index in [-0.39, 0.29) is 5.91 Å². The molecule has 0 radical (unpaired) electrons. The normalized spacial score (nSPS) is 17.3. The molecule has 1 atom stereocenters. The van der Waals surface area contributed by atoms with Gasteiger partial charge in [0.1, 0.15) is 0 Å². The zero-order valence-corrected chi connectivity index (χ0v) is 9.84. The molecule has 0 saturated carbocycles. The predicted octanol–water partition coefficient (Wildman–Crippen LogP) is 0.227. The number of esters is 2. The molecule has 0 spiro atoms. The SMILES string of the molecule is COC(=O)/C=C\C(=O)OC(C)N1CCCC1=O. The molecule has 1 rings (SSSR count). The standard InChI is InChI=1S/C11H15NO5/c1-8(12-7-3-4-9(12)13)17-11(15)6-5-10(14)16-2/h5-6,8H,3-4,7H2,1-2H3/b6-5-. The summed E-state index contributed by atoms with van der Waals surface area (Å²) in [7, 11) is 1.21. The van der Waals surface area contributed by atoms with Gasteiger partial charge in [0.05, 0.1) is 7.11 Å². The predicted molar refractivity (Wildman–Crippen MR) is 57.7 cm³/mol. The fraction of sp³-hybridized carbons (Fsp3) is 0.545. The van der Waals surface area contributed by atoms with E-state index in [9.17, 15) is 14.4 Å². The van der Waals surface area contributed by atoms with Crippen molar-refractivity contribution in [1.82, 2.24) is 4.90 Å². The summed E-state index contributed by atoms with van der Waals surface area (Å²) in [5, 5.41) is 0. The Morgan fingerprint density at radius 1 is 1.35 bits per heavy atom. The van der Waals surface area contributed by atoms with Crippen molar-refractivity contribution in [1.29, 1.82) is 0 Å². The lowest BCUT2D eigenvalue weighted by Crippen LogP contribution is -2.37. The van der Waals surface area contributed by atoms with E-state index in [1.807, 2.05) is 0 Å². The number of ether oxygens (including phenoxy) is 2. The molecule has 1 fully saturated rings. The number of methoxy groups -OCH3 is 1. The van der Waals surface area contributed by atoms with Gasteiger partial charge in [-0.1, -0.05) is 0 Å². The Bertz CT molecular complexity index is 350. The van der Waals surface area contributed by atoms with Crippen LogP contribution in [0.3, 0.4) is 0 Å². The first-order valence-corrected chi connectivity index (χ1v) is 5.30. The first-order valence-electron chi connectivity index (χ1n) is 5.30. The molecule has 1 saturated heterocycles. The fourth-order valence-electron chi connectivity index (χ4n) is 1.53. The van der Waals surface area contributed by atoms with Gasteiger partial charge >= 0.3 is 11.9 Å². The van der Waals surface area contributed by atoms with Gasteiger partial charge < -0.3 is 14.4 Å². The van der Waals surface area contributed by atoms with E-state index in [1.54, 1.807) is 6.92 Å². The van der Waals surface area contributed by atoms with E-state index >= 15 is 0 Å². The monoisotopic (exact) mass is 241 g/mol. The highest BCUT2D eigenvalue weighted by molar-refractivity contribution is 5.91. The van der Waals surface area contributed by atoms with E-state index in [0.29, 0.717) is 13.0 Å². The van der Waals surface area contributed by atoms with Crippen LogP contribution in [0.15, 0.2) is 12.2 Å². The van der Waals surface area contributed by atoms with Gasteiger partial charge in [-0.05, 0) is 13.3 Å². The van der Waals surface area contributed by atoms with E-state index in [0.717, 1.165) is 18.6 Å². The van der Waals surface area contributed by atoms with Crippen LogP contribution < -0.4 is 0 Å². The summed E-state index contributed by atoms with van der Waals surface area (Å²) in [5.74, 6) is -1.34. The molecule has 1 unspecified atom stereocenters. The highest BCUT2D eigenvalue weighted by atomic mass is 16.6. The first kappa shape index (κ1) is 13.2. The third-order valence-electron chi connectivity index (χ3n) is 2.39. The summed E-state index contributed by atoms with van der Waals surface area (Å²) in [5.41, 5.74) is 0. The van der Waals surface area contributed by atoms with Crippen LogP contribution >= 0.6 is 0 Å². The van der Waals surface area contributed by atoms with Crippen LogP contribution in [-0.2, 0) is 23.9 Å². The van der Waals surface area contributed by atoms with Crippen LogP contribution in [0.2, 0.25) is 0 Å². The highest BCUT2D eigenvalue weighted by Crippen LogP contribution is 2.14. The van der Waals surface area contributed by atoms with Crippen molar-refractivity contribution >= 4 is 17.8 Å². The molecule has 0 bridgehead atoms. The Labute approximate surface area is 99.2 Å². The molecule has 0 aromatic heterocycles. The maximum Gasteiger partial charge on any atom is 0.332 e. The molecular weight excluding hydrogens is 226 g/mol. The van der Waals surface area contributed by atoms with Crippen LogP contribution in [0.1, 0.15) is 19.8 Å². The second-order valence-corrected chi connectivity index (χ2v) is 3.58. The number of carbonyl (C=O) groups excluding carboxylic acids is 3. The van der Waals surface area contributed by atoms with Gasteiger partial charge in [-0.25, -0.2) is 9.59 Å². The van der Waals surface area contributed by atoms with Crippen molar-refractivity contribution in [3.63, 3.8) is 0 Å². The number of hydrogen-bond acceptors (Lipinski definition) is 5. The quantitative estimate of drug-likeness (QED) is 0.520. The Kier molecular flexibility index (Phi) is 4.68. The van der Waals surface area contributed by atoms with Gasteiger partial charge in [0, 0.05) is 25.1 Å². The lowest BCUT2D eigenvalue weighted by molar-refractivity contribution is -0.156. The molecule has 6 nitrogen and oxygen atoms in total. The summed E-state index contributed by atoms with van der Waals surface area (Å²) in [4.78, 5) is 34.9. The van der Waals surface area contributed by atoms with Crippen LogP contribution in [0.25, 0.3) is 0 Å². The molecule has 17 heavy (non-hydrogen) atoms. The third-order valence-corrected chi connectivity index (χ3v) is 2.39. The Balaban J connectivity index is 2.43. The van der Waals surface area contributed by atoms with Crippen molar-refractivity contribution in [2.24, 2.45) is 0 Å². The highest BCUT2D eigenvalue weighted by Gasteiger charge is 2.26. The lowest BCUT2D eigenvalue weighted by atomic mass is 10.4. The molecule has 1 heterocycles. The molecule has 0 aromatic carbocycles. The van der Waals surface area contributed by atoms with Crippen molar-refractivity contribution < 1.29 is 23.9 Å². The number of rotatable bonds is 4. The maximum absolute atomic E-state index is 11.4. The van der Waals surface area contributed by atoms with Gasteiger partial charge in [-0.3, -0.25) is 4.79 Å². The molecule has 6 heteroatoms. The minimum atomic E-state index is -0.678. The second kappa shape index (κ2) is 6.03. The summed E-state index contributed by atoms with van der Waals surface area (Å²) < 4.78 is 9.30. The molecule has 0 N–H and O–H groups in total. The van der Waals surface area contributed by atoms with Gasteiger partial charge in [0.2, 0.25) is 5.91 Å². The fourth-order valence-corrected chi connectivity index (χ4v) is 1.53. The van der Waals surface area contributed by atoms with E-state index < -0.39 is 18.2 Å². The minimum absolute atomic E-state index is 0.0257. The average molecular weight is 241 g/mol. The minimum Gasteiger partial charge on any atom is -0.466 e. The zero-order chi connectivity index (χ0) is 12.8. The van der Waals surface area contributed by atoms with E-state index in [1.165, 1.54) is 12.0 Å². The van der Waals surface area contributed by atoms with Crippen molar-refractivity contribution in [3.05, 3.63) is 12.2 Å². The van der Waals surface area contributed by atoms with Crippen molar-refractivity contribution in [2.75, 3.05) is 13.7 Å². The summed E-state index contributed by atoms with van der Waals surface area (Å²) in [6, 6.07) is 0. The second-order valence-electron chi connectivity index (χ2n) is 3.58. The van der Waals surface area contributed by atoms with Crippen molar-refractivity contribution in [3.8, 4) is 0 Å². The molecular formula is C11H15NO5. The third kappa shape index (κ3) is 3.90. The summed E-state index contributed by atoms with van der Waals surface area (Å²) in [6.07, 6.45) is 2.60. The van der Waals surface area contributed by atoms with Crippen molar-refractivity contribution in [2.45, 2.75) is 26.0 Å². The Morgan fingerprint density at radius 2 is 2.00 bits per heavy atom. The topological polar surface area (TPSA) is 72.9 Å². The Hall–Kier alpha value is -1.85. The smallest absolute Gasteiger partial charge is 0.332 e. The molecule has 0 aliphatic carbocycles. The molecule has 1 aliphatic rings. The Morgan fingerprint density at radius 3 is 2.53 bits per heavy atom. The van der Waals surface area contributed by atoms with Crippen LogP contribution in [0.5, 0.6) is 0 Å². The number of hydrogen-bond donors (Lipinski definition) is 0. The average Bonchev–Trinajstić information content (AvgIpc) is 2.72. The van der Waals surface area contributed by atoms with Crippen LogP contribution in [0.4, 0.5) is 0 Å². The van der Waals surface area contributed by atoms with Gasteiger partial charge in [-0.15, -0.1) is 0 Å². The number of carbonyl (C=O) groups is 3. The molecule has 0 aromatic rings. The van der Waals surface area contributed by atoms with Crippen LogP contribution in [-0.4, -0.2) is 42.6 Å². The van der Waals surface area contributed by atoms with E-state index in [4.69, 9.17) is 4.74 Å². The van der Waals surface area contributed by atoms with Gasteiger partial charge in [0.25, 0.3) is 0 Å². The zero-order valence-electron chi connectivity index (χ0n) is 9.84. The summed E-state index contributed by atoms with van der Waals surface area (Å²) in [6.45, 7) is 2.21. The lowest BCUT2D eigenvalue weighted by Gasteiger charge is -2.23. The molecule has 1 aliphatic heterocycles. The number of nitrogens with zero attached hydrogens (tertiary/aromatic N) is 1. The first-order chi connectivity index (χ1) is 8.04. The summed E-state index contributed by atoms with van der Waals surface area (Å²) >= 11 is 0. The maximum atomic E-state index is 11.4. The molecule has 1 amide bonds. The largest absolute Gasteiger partial charge is 0.466 e. The number of amides is 1. The van der Waals surface area contributed by atoms with Gasteiger partial charge in [0.15, 0.2) is 6.23 Å². The van der Waals surface area contributed by atoms with Crippen LogP contribution in [0, 0.1) is 0 Å². The number of likely N-dealkylation sites (tertiary alicyclic amines) is 1.